The van der Waals surface area contributed by atoms with Gasteiger partial charge in [-0.3, -0.25) is 9.67 Å². The quantitative estimate of drug-likeness (QED) is 0.508. The number of pyridine rings is 1. The molecule has 0 saturated heterocycles. The van der Waals surface area contributed by atoms with Crippen molar-refractivity contribution in [3.63, 3.8) is 0 Å². The van der Waals surface area contributed by atoms with Gasteiger partial charge in [0.25, 0.3) is 0 Å². The van der Waals surface area contributed by atoms with Gasteiger partial charge in [0.1, 0.15) is 17.2 Å². The molecule has 29 heavy (non-hydrogen) atoms. The number of hydrogen-bond donors (Lipinski definition) is 1. The zero-order valence-corrected chi connectivity index (χ0v) is 16.6. The molecule has 0 unspecified atom stereocenters. The zero-order chi connectivity index (χ0) is 20.4. The van der Waals surface area contributed by atoms with E-state index in [2.05, 4.69) is 25.4 Å². The fourth-order valence-electron chi connectivity index (χ4n) is 2.87. The van der Waals surface area contributed by atoms with Crippen molar-refractivity contribution in [2.45, 2.75) is 5.16 Å². The zero-order valence-electron chi connectivity index (χ0n) is 15.8. The first kappa shape index (κ1) is 18.8. The number of nitrogens with zero attached hydrogens (tertiary/aromatic N) is 5. The molecule has 0 radical (unpaired) electrons. The van der Waals surface area contributed by atoms with E-state index in [4.69, 9.17) is 0 Å². The van der Waals surface area contributed by atoms with Gasteiger partial charge in [0, 0.05) is 37.6 Å². The number of aromatic nitrogens is 5. The van der Waals surface area contributed by atoms with Gasteiger partial charge in [0.05, 0.1) is 5.56 Å². The van der Waals surface area contributed by atoms with E-state index in [1.165, 1.54) is 0 Å². The second-order valence-corrected chi connectivity index (χ2v) is 8.36. The lowest BCUT2D eigenvalue weighted by atomic mass is 10.0. The minimum atomic E-state index is -3.65. The van der Waals surface area contributed by atoms with E-state index in [-0.39, 0.29) is 5.16 Å². The van der Waals surface area contributed by atoms with Gasteiger partial charge >= 0.3 is 0 Å². The van der Waals surface area contributed by atoms with Gasteiger partial charge in [-0.25, -0.2) is 18.4 Å². The third-order valence-electron chi connectivity index (χ3n) is 4.18. The van der Waals surface area contributed by atoms with Crippen molar-refractivity contribution in [1.29, 1.82) is 0 Å². The Morgan fingerprint density at radius 1 is 0.966 bits per heavy atom. The van der Waals surface area contributed by atoms with Crippen LogP contribution in [-0.4, -0.2) is 39.4 Å². The van der Waals surface area contributed by atoms with Crippen molar-refractivity contribution < 1.29 is 8.42 Å². The Morgan fingerprint density at radius 3 is 2.31 bits per heavy atom. The molecule has 0 amide bonds. The summed E-state index contributed by atoms with van der Waals surface area (Å²) in [5, 5.41) is 7.37. The predicted octanol–water partition coefficient (Wildman–Crippen LogP) is 3.09. The first-order valence-electron chi connectivity index (χ1n) is 8.76. The molecule has 0 fully saturated rings. The van der Waals surface area contributed by atoms with Crippen LogP contribution in [-0.2, 0) is 16.9 Å². The Balaban J connectivity index is 2.03. The highest BCUT2D eigenvalue weighted by Gasteiger charge is 2.23. The van der Waals surface area contributed by atoms with Crippen molar-refractivity contribution in [3.05, 3.63) is 67.1 Å². The van der Waals surface area contributed by atoms with E-state index in [1.54, 1.807) is 48.5 Å². The molecule has 4 rings (SSSR count). The number of aryl methyl sites for hydroxylation is 1. The largest absolute Gasteiger partial charge is 0.339 e. The lowest BCUT2D eigenvalue weighted by Gasteiger charge is -2.15. The van der Waals surface area contributed by atoms with Crippen molar-refractivity contribution in [2.75, 3.05) is 11.6 Å². The highest BCUT2D eigenvalue weighted by Crippen LogP contribution is 2.36. The maximum absolute atomic E-state index is 12.3. The van der Waals surface area contributed by atoms with Crippen LogP contribution in [0.3, 0.4) is 0 Å². The van der Waals surface area contributed by atoms with Crippen molar-refractivity contribution in [1.82, 2.24) is 24.7 Å². The normalized spacial score (nSPS) is 11.4. The SMILES string of the molecule is Cn1ccc(-c2nc(S(C)(=O)=O)nc(Nc3ccncc3)c2-c2ccccc2)n1. The first-order chi connectivity index (χ1) is 13.9. The topological polar surface area (TPSA) is 103 Å². The number of anilines is 2. The highest BCUT2D eigenvalue weighted by molar-refractivity contribution is 7.90. The molecule has 146 valence electrons. The van der Waals surface area contributed by atoms with Crippen LogP contribution in [0.4, 0.5) is 11.5 Å². The standard InChI is InChI=1S/C20H18N6O2S/c1-26-13-10-16(25-26)18-17(14-6-4-3-5-7-14)19(22-15-8-11-21-12-9-15)24-20(23-18)29(2,27)28/h3-13H,1-2H3,(H,21,22,23,24). The predicted molar refractivity (Wildman–Crippen MR) is 110 cm³/mol. The summed E-state index contributed by atoms with van der Waals surface area (Å²) >= 11 is 0. The van der Waals surface area contributed by atoms with Gasteiger partial charge in [-0.05, 0) is 23.8 Å². The van der Waals surface area contributed by atoms with Gasteiger partial charge in [-0.2, -0.15) is 5.10 Å². The van der Waals surface area contributed by atoms with Crippen molar-refractivity contribution >= 4 is 21.3 Å². The third kappa shape index (κ3) is 3.99. The second-order valence-electron chi connectivity index (χ2n) is 6.45. The van der Waals surface area contributed by atoms with Crippen LogP contribution in [0.15, 0.2) is 72.3 Å². The molecule has 0 bridgehead atoms. The maximum Gasteiger partial charge on any atom is 0.249 e. The molecule has 0 spiro atoms. The van der Waals surface area contributed by atoms with Crippen LogP contribution in [0.25, 0.3) is 22.5 Å². The average molecular weight is 406 g/mol. The minimum Gasteiger partial charge on any atom is -0.339 e. The summed E-state index contributed by atoms with van der Waals surface area (Å²) in [6.07, 6.45) is 6.15. The highest BCUT2D eigenvalue weighted by atomic mass is 32.2. The number of benzene rings is 1. The van der Waals surface area contributed by atoms with E-state index in [9.17, 15) is 8.42 Å². The van der Waals surface area contributed by atoms with Crippen LogP contribution in [0.5, 0.6) is 0 Å². The summed E-state index contributed by atoms with van der Waals surface area (Å²) in [5.74, 6) is 0.374. The summed E-state index contributed by atoms with van der Waals surface area (Å²) in [6.45, 7) is 0. The van der Waals surface area contributed by atoms with Crippen molar-refractivity contribution in [2.24, 2.45) is 7.05 Å². The molecule has 8 nitrogen and oxygen atoms in total. The Morgan fingerprint density at radius 2 is 1.69 bits per heavy atom. The fraction of sp³-hybridized carbons (Fsp3) is 0.100. The molecule has 0 saturated carbocycles. The molecule has 3 heterocycles. The van der Waals surface area contributed by atoms with Crippen LogP contribution >= 0.6 is 0 Å². The molecule has 4 aromatic rings. The summed E-state index contributed by atoms with van der Waals surface area (Å²) in [7, 11) is -1.86. The molecule has 0 aliphatic rings. The Labute approximate surface area is 168 Å². The van der Waals surface area contributed by atoms with Gasteiger partial charge in [-0.15, -0.1) is 0 Å². The number of nitrogens with one attached hydrogen (secondary N) is 1. The van der Waals surface area contributed by atoms with Crippen LogP contribution in [0.2, 0.25) is 0 Å². The smallest absolute Gasteiger partial charge is 0.249 e. The van der Waals surface area contributed by atoms with Gasteiger partial charge in [0.2, 0.25) is 15.0 Å². The molecule has 1 aromatic carbocycles. The maximum atomic E-state index is 12.3. The second kappa shape index (κ2) is 7.44. The number of sulfone groups is 1. The summed E-state index contributed by atoms with van der Waals surface area (Å²) in [4.78, 5) is 12.7. The van der Waals surface area contributed by atoms with Crippen molar-refractivity contribution in [3.8, 4) is 22.5 Å². The van der Waals surface area contributed by atoms with E-state index >= 15 is 0 Å². The Bertz CT molecular complexity index is 1250. The monoisotopic (exact) mass is 406 g/mol. The number of rotatable bonds is 5. The molecule has 1 N–H and O–H groups in total. The molecule has 0 aliphatic heterocycles. The molecular formula is C20H18N6O2S. The summed E-state index contributed by atoms with van der Waals surface area (Å²) < 4.78 is 26.2. The lowest BCUT2D eigenvalue weighted by molar-refractivity contribution is 0.593. The molecule has 0 aliphatic carbocycles. The average Bonchev–Trinajstić information content (AvgIpc) is 3.14. The molecular weight excluding hydrogens is 388 g/mol. The molecule has 0 atom stereocenters. The third-order valence-corrected chi connectivity index (χ3v) is 5.03. The Kier molecular flexibility index (Phi) is 4.81. The van der Waals surface area contributed by atoms with E-state index in [1.807, 2.05) is 30.3 Å². The summed E-state index contributed by atoms with van der Waals surface area (Å²) in [6, 6.07) is 14.9. The summed E-state index contributed by atoms with van der Waals surface area (Å²) in [5.41, 5.74) is 3.21. The minimum absolute atomic E-state index is 0.269. The van der Waals surface area contributed by atoms with Crippen LogP contribution in [0, 0.1) is 0 Å². The lowest BCUT2D eigenvalue weighted by Crippen LogP contribution is -2.10. The van der Waals surface area contributed by atoms with Crippen LogP contribution < -0.4 is 5.32 Å². The Hall–Kier alpha value is -3.59. The van der Waals surface area contributed by atoms with Gasteiger partial charge in [-0.1, -0.05) is 30.3 Å². The van der Waals surface area contributed by atoms with Gasteiger partial charge < -0.3 is 5.32 Å². The number of hydrogen-bond acceptors (Lipinski definition) is 7. The van der Waals surface area contributed by atoms with E-state index < -0.39 is 9.84 Å². The van der Waals surface area contributed by atoms with E-state index in [0.29, 0.717) is 22.8 Å². The fourth-order valence-corrected chi connectivity index (χ4v) is 3.39. The first-order valence-corrected chi connectivity index (χ1v) is 10.7. The molecule has 9 heteroatoms. The van der Waals surface area contributed by atoms with Gasteiger partial charge in [0.15, 0.2) is 0 Å². The van der Waals surface area contributed by atoms with Crippen LogP contribution in [0.1, 0.15) is 0 Å². The molecule has 3 aromatic heterocycles. The van der Waals surface area contributed by atoms with E-state index in [0.717, 1.165) is 17.5 Å².